The zero-order valence-electron chi connectivity index (χ0n) is 18.5. The first-order valence-electron chi connectivity index (χ1n) is 10.5. The number of ether oxygens (including phenoxy) is 2. The summed E-state index contributed by atoms with van der Waals surface area (Å²) in [5, 5.41) is 11.1. The summed E-state index contributed by atoms with van der Waals surface area (Å²) < 4.78 is 10.8. The van der Waals surface area contributed by atoms with Crippen LogP contribution in [0.1, 0.15) is 41.6 Å². The number of hydrogen-bond acceptors (Lipinski definition) is 5. The molecule has 164 valence electrons. The summed E-state index contributed by atoms with van der Waals surface area (Å²) >= 11 is 0. The van der Waals surface area contributed by atoms with Crippen LogP contribution in [0.5, 0.6) is 5.75 Å². The molecule has 3 rings (SSSR count). The summed E-state index contributed by atoms with van der Waals surface area (Å²) in [7, 11) is 1.54. The number of benzene rings is 2. The molecule has 2 aromatic carbocycles. The lowest BCUT2D eigenvalue weighted by Crippen LogP contribution is -2.32. The lowest BCUT2D eigenvalue weighted by molar-refractivity contribution is -0.140. The average molecular weight is 424 g/mol. The predicted octanol–water partition coefficient (Wildman–Crippen LogP) is 4.16. The summed E-state index contributed by atoms with van der Waals surface area (Å²) in [4.78, 5) is 27.2. The molecule has 31 heavy (non-hydrogen) atoms. The van der Waals surface area contributed by atoms with Crippen molar-refractivity contribution in [2.24, 2.45) is 0 Å². The van der Waals surface area contributed by atoms with Crippen LogP contribution in [-0.2, 0) is 14.3 Å². The van der Waals surface area contributed by atoms with Gasteiger partial charge in [0.1, 0.15) is 11.5 Å². The molecule has 0 saturated carbocycles. The van der Waals surface area contributed by atoms with Crippen molar-refractivity contribution >= 4 is 17.4 Å². The second-order valence-corrected chi connectivity index (χ2v) is 7.70. The normalized spacial score (nSPS) is 17.9. The van der Waals surface area contributed by atoms with E-state index in [1.807, 2.05) is 57.2 Å². The Labute approximate surface area is 183 Å². The molecular formula is C25H29NO5. The Morgan fingerprint density at radius 2 is 1.74 bits per heavy atom. The summed E-state index contributed by atoms with van der Waals surface area (Å²) in [5.41, 5.74) is 3.40. The first-order chi connectivity index (χ1) is 14.9. The van der Waals surface area contributed by atoms with Gasteiger partial charge in [-0.25, -0.2) is 0 Å². The van der Waals surface area contributed by atoms with E-state index >= 15 is 0 Å². The minimum atomic E-state index is -0.697. The van der Waals surface area contributed by atoms with E-state index in [0.29, 0.717) is 17.9 Å². The lowest BCUT2D eigenvalue weighted by Gasteiger charge is -2.25. The Kier molecular flexibility index (Phi) is 7.13. The molecule has 1 unspecified atom stereocenters. The van der Waals surface area contributed by atoms with Gasteiger partial charge in [-0.3, -0.25) is 9.59 Å². The maximum atomic E-state index is 13.0. The van der Waals surface area contributed by atoms with Crippen LogP contribution in [0.2, 0.25) is 0 Å². The summed E-state index contributed by atoms with van der Waals surface area (Å²) in [5.74, 6) is -0.784. The van der Waals surface area contributed by atoms with Crippen LogP contribution in [0.15, 0.2) is 48.0 Å². The zero-order valence-corrected chi connectivity index (χ0v) is 18.5. The third kappa shape index (κ3) is 4.64. The van der Waals surface area contributed by atoms with Gasteiger partial charge in [-0.1, -0.05) is 31.2 Å². The van der Waals surface area contributed by atoms with Crippen molar-refractivity contribution < 1.29 is 24.2 Å². The summed E-state index contributed by atoms with van der Waals surface area (Å²) in [6.07, 6.45) is 0.898. The van der Waals surface area contributed by atoms with Crippen molar-refractivity contribution in [3.8, 4) is 5.75 Å². The van der Waals surface area contributed by atoms with Crippen molar-refractivity contribution in [1.82, 2.24) is 4.90 Å². The van der Waals surface area contributed by atoms with E-state index in [-0.39, 0.29) is 24.5 Å². The third-order valence-electron chi connectivity index (χ3n) is 5.53. The maximum Gasteiger partial charge on any atom is 0.295 e. The van der Waals surface area contributed by atoms with Gasteiger partial charge in [0.2, 0.25) is 0 Å². The van der Waals surface area contributed by atoms with Crippen LogP contribution < -0.4 is 4.74 Å². The number of amides is 1. The van der Waals surface area contributed by atoms with Gasteiger partial charge in [0, 0.05) is 19.2 Å². The van der Waals surface area contributed by atoms with Crippen LogP contribution in [0.3, 0.4) is 0 Å². The zero-order chi connectivity index (χ0) is 22.5. The van der Waals surface area contributed by atoms with Crippen molar-refractivity contribution in [3.05, 3.63) is 70.3 Å². The van der Waals surface area contributed by atoms with Crippen molar-refractivity contribution in [2.75, 3.05) is 26.9 Å². The number of aliphatic hydroxyl groups is 1. The Hall–Kier alpha value is -3.12. The van der Waals surface area contributed by atoms with E-state index in [0.717, 1.165) is 23.1 Å². The highest BCUT2D eigenvalue weighted by Crippen LogP contribution is 2.39. The first kappa shape index (κ1) is 22.6. The van der Waals surface area contributed by atoms with Crippen molar-refractivity contribution in [1.29, 1.82) is 0 Å². The molecule has 1 amide bonds. The summed E-state index contributed by atoms with van der Waals surface area (Å²) in [6, 6.07) is 12.1. The van der Waals surface area contributed by atoms with E-state index < -0.39 is 17.7 Å². The number of aryl methyl sites for hydroxylation is 2. The van der Waals surface area contributed by atoms with Crippen molar-refractivity contribution in [2.45, 2.75) is 33.2 Å². The molecule has 1 N–H and O–H groups in total. The second kappa shape index (κ2) is 9.79. The largest absolute Gasteiger partial charge is 0.507 e. The Bertz CT molecular complexity index is 993. The number of carbonyl (C=O) groups excluding carboxylic acids is 2. The SMILES string of the molecule is CCCOc1ccc(C2/C(=C(/O)c3ccc(C)c(C)c3)C(=O)C(=O)N2CCOC)cc1. The van der Waals surface area contributed by atoms with Crippen LogP contribution in [0, 0.1) is 13.8 Å². The fourth-order valence-corrected chi connectivity index (χ4v) is 3.66. The molecule has 6 nitrogen and oxygen atoms in total. The van der Waals surface area contributed by atoms with Crippen molar-refractivity contribution in [3.63, 3.8) is 0 Å². The van der Waals surface area contributed by atoms with E-state index in [1.165, 1.54) is 4.90 Å². The molecule has 1 aliphatic rings. The van der Waals surface area contributed by atoms with Gasteiger partial charge in [-0.2, -0.15) is 0 Å². The molecule has 1 atom stereocenters. The molecule has 0 radical (unpaired) electrons. The third-order valence-corrected chi connectivity index (χ3v) is 5.53. The standard InChI is InChI=1S/C25H29NO5/c1-5-13-31-20-10-8-18(9-11-20)22-21(24(28)25(29)26(22)12-14-30-4)23(27)19-7-6-16(2)17(3)15-19/h6-11,15,22,27H,5,12-14H2,1-4H3/b23-21-. The molecule has 0 aliphatic carbocycles. The van der Waals surface area contributed by atoms with Gasteiger partial charge in [-0.05, 0) is 55.2 Å². The van der Waals surface area contributed by atoms with Crippen LogP contribution >= 0.6 is 0 Å². The fourth-order valence-electron chi connectivity index (χ4n) is 3.66. The van der Waals surface area contributed by atoms with Gasteiger partial charge in [0.25, 0.3) is 11.7 Å². The maximum absolute atomic E-state index is 13.0. The van der Waals surface area contributed by atoms with E-state index in [4.69, 9.17) is 9.47 Å². The van der Waals surface area contributed by atoms with Gasteiger partial charge in [0.15, 0.2) is 0 Å². The minimum Gasteiger partial charge on any atom is -0.507 e. The number of Topliss-reactive ketones (excluding diaryl/α,β-unsaturated/α-hetero) is 1. The van der Waals surface area contributed by atoms with Gasteiger partial charge < -0.3 is 19.5 Å². The lowest BCUT2D eigenvalue weighted by atomic mass is 9.94. The Balaban J connectivity index is 2.09. The Morgan fingerprint density at radius 3 is 2.35 bits per heavy atom. The predicted molar refractivity (Wildman–Crippen MR) is 119 cm³/mol. The number of ketones is 1. The first-order valence-corrected chi connectivity index (χ1v) is 10.5. The van der Waals surface area contributed by atoms with E-state index in [2.05, 4.69) is 0 Å². The highest BCUT2D eigenvalue weighted by Gasteiger charge is 2.45. The van der Waals surface area contributed by atoms with Gasteiger partial charge >= 0.3 is 0 Å². The molecule has 0 spiro atoms. The number of carbonyl (C=O) groups is 2. The summed E-state index contributed by atoms with van der Waals surface area (Å²) in [6.45, 7) is 7.08. The van der Waals surface area contributed by atoms with E-state index in [1.54, 1.807) is 13.2 Å². The molecular weight excluding hydrogens is 394 g/mol. The number of methoxy groups -OCH3 is 1. The Morgan fingerprint density at radius 1 is 1.03 bits per heavy atom. The fraction of sp³-hybridized carbons (Fsp3) is 0.360. The molecule has 0 bridgehead atoms. The molecule has 1 heterocycles. The molecule has 2 aromatic rings. The molecule has 1 saturated heterocycles. The molecule has 1 fully saturated rings. The quantitative estimate of drug-likeness (QED) is 0.392. The number of hydrogen-bond donors (Lipinski definition) is 1. The van der Waals surface area contributed by atoms with Crippen LogP contribution in [0.4, 0.5) is 0 Å². The number of rotatable bonds is 8. The van der Waals surface area contributed by atoms with Gasteiger partial charge in [-0.15, -0.1) is 0 Å². The number of likely N-dealkylation sites (tertiary alicyclic amines) is 1. The number of aliphatic hydroxyl groups excluding tert-OH is 1. The minimum absolute atomic E-state index is 0.0894. The highest BCUT2D eigenvalue weighted by molar-refractivity contribution is 6.46. The second-order valence-electron chi connectivity index (χ2n) is 7.70. The monoisotopic (exact) mass is 423 g/mol. The number of nitrogens with zero attached hydrogens (tertiary/aromatic N) is 1. The average Bonchev–Trinajstić information content (AvgIpc) is 3.02. The molecule has 1 aliphatic heterocycles. The molecule has 0 aromatic heterocycles. The highest BCUT2D eigenvalue weighted by atomic mass is 16.5. The molecule has 6 heteroatoms. The topological polar surface area (TPSA) is 76.1 Å². The smallest absolute Gasteiger partial charge is 0.295 e. The van der Waals surface area contributed by atoms with E-state index in [9.17, 15) is 14.7 Å². The van der Waals surface area contributed by atoms with Gasteiger partial charge in [0.05, 0.1) is 24.8 Å². The van der Waals surface area contributed by atoms with Crippen LogP contribution in [0.25, 0.3) is 5.76 Å². The van der Waals surface area contributed by atoms with Crippen LogP contribution in [-0.4, -0.2) is 48.6 Å².